The molecule has 1 nitrogen and oxygen atoms in total. The Hall–Kier alpha value is -2.28. The van der Waals surface area contributed by atoms with Crippen LogP contribution in [0.4, 0.5) is 0 Å². The molecule has 0 N–H and O–H groups in total. The molecule has 4 unspecified atom stereocenters. The Morgan fingerprint density at radius 2 is 1.56 bits per heavy atom. The lowest BCUT2D eigenvalue weighted by atomic mass is 9.64. The van der Waals surface area contributed by atoms with Gasteiger partial charge in [0.25, 0.3) is 0 Å². The maximum Gasteiger partial charge on any atom is 0.119 e. The van der Waals surface area contributed by atoms with E-state index in [4.69, 9.17) is 4.74 Å². The second-order valence-corrected chi connectivity index (χ2v) is 7.30. The first-order valence-electron chi connectivity index (χ1n) is 9.39. The van der Waals surface area contributed by atoms with Gasteiger partial charge in [-0.1, -0.05) is 49.4 Å². The Labute approximate surface area is 151 Å². The Balaban J connectivity index is 1.61. The summed E-state index contributed by atoms with van der Waals surface area (Å²) in [4.78, 5) is 0. The van der Waals surface area contributed by atoms with Gasteiger partial charge in [0, 0.05) is 0 Å². The van der Waals surface area contributed by atoms with Gasteiger partial charge in [0.2, 0.25) is 0 Å². The molecule has 2 aliphatic rings. The first kappa shape index (κ1) is 16.2. The highest BCUT2D eigenvalue weighted by Crippen LogP contribution is 2.62. The summed E-state index contributed by atoms with van der Waals surface area (Å²) in [5.41, 5.74) is 5.58. The third-order valence-corrected chi connectivity index (χ3v) is 5.92. The molecule has 2 aromatic carbocycles. The molecule has 4 rings (SSSR count). The zero-order valence-corrected chi connectivity index (χ0v) is 14.9. The molecule has 1 heteroatoms. The molecule has 2 aliphatic carbocycles. The fourth-order valence-electron chi connectivity index (χ4n) is 4.69. The van der Waals surface area contributed by atoms with Crippen LogP contribution in [-0.4, -0.2) is 6.61 Å². The average Bonchev–Trinajstić information content (AvgIpc) is 2.98. The molecular formula is C24H26O. The van der Waals surface area contributed by atoms with Crippen LogP contribution >= 0.6 is 0 Å². The van der Waals surface area contributed by atoms with E-state index < -0.39 is 0 Å². The molecule has 25 heavy (non-hydrogen) atoms. The van der Waals surface area contributed by atoms with Crippen molar-refractivity contribution in [1.29, 1.82) is 0 Å². The van der Waals surface area contributed by atoms with Crippen molar-refractivity contribution in [2.24, 2.45) is 11.8 Å². The lowest BCUT2D eigenvalue weighted by Gasteiger charge is -2.39. The number of allylic oxidation sites excluding steroid dienone is 2. The van der Waals surface area contributed by atoms with Crippen molar-refractivity contribution >= 4 is 0 Å². The third kappa shape index (κ3) is 2.63. The van der Waals surface area contributed by atoms with E-state index in [1.54, 1.807) is 0 Å². The van der Waals surface area contributed by atoms with Crippen LogP contribution in [-0.2, 0) is 0 Å². The SMILES string of the molecule is C=CC1CC(C=C)C2c3cc(-c4ccc(OCCC)cc4)ccc3C12. The molecule has 1 fully saturated rings. The second-order valence-electron chi connectivity index (χ2n) is 7.30. The maximum atomic E-state index is 5.69. The summed E-state index contributed by atoms with van der Waals surface area (Å²) in [6.45, 7) is 11.0. The van der Waals surface area contributed by atoms with E-state index in [1.807, 2.05) is 0 Å². The minimum atomic E-state index is 0.584. The van der Waals surface area contributed by atoms with Gasteiger partial charge in [-0.15, -0.1) is 13.2 Å². The van der Waals surface area contributed by atoms with Gasteiger partial charge in [-0.3, -0.25) is 0 Å². The molecule has 4 atom stereocenters. The smallest absolute Gasteiger partial charge is 0.119 e. The van der Waals surface area contributed by atoms with Crippen molar-refractivity contribution in [3.63, 3.8) is 0 Å². The Kier molecular flexibility index (Phi) is 4.25. The molecule has 0 heterocycles. The topological polar surface area (TPSA) is 9.23 Å². The van der Waals surface area contributed by atoms with Crippen molar-refractivity contribution < 1.29 is 4.74 Å². The van der Waals surface area contributed by atoms with Gasteiger partial charge in [-0.05, 0) is 70.9 Å². The largest absolute Gasteiger partial charge is 0.494 e. The molecule has 2 aromatic rings. The standard InChI is InChI=1S/C24H26O/c1-4-13-25-20-10-7-18(8-11-20)19-9-12-21-22(15-19)24-17(6-3)14-16(5-2)23(21)24/h5-12,15-17,23-24H,2-4,13-14H2,1H3. The van der Waals surface area contributed by atoms with Gasteiger partial charge in [0.15, 0.2) is 0 Å². The van der Waals surface area contributed by atoms with Crippen molar-refractivity contribution in [2.45, 2.75) is 31.6 Å². The van der Waals surface area contributed by atoms with Crippen molar-refractivity contribution in [1.82, 2.24) is 0 Å². The van der Waals surface area contributed by atoms with Crippen LogP contribution in [0.5, 0.6) is 5.75 Å². The minimum absolute atomic E-state index is 0.584. The molecule has 0 saturated heterocycles. The van der Waals surface area contributed by atoms with E-state index in [1.165, 1.54) is 28.7 Å². The summed E-state index contributed by atoms with van der Waals surface area (Å²) in [6, 6.07) is 15.4. The fourth-order valence-corrected chi connectivity index (χ4v) is 4.69. The summed E-state index contributed by atoms with van der Waals surface area (Å²) in [5, 5.41) is 0. The van der Waals surface area contributed by atoms with Crippen molar-refractivity contribution in [3.8, 4) is 16.9 Å². The monoisotopic (exact) mass is 330 g/mol. The normalized spacial score (nSPS) is 26.3. The highest BCUT2D eigenvalue weighted by Gasteiger charge is 2.50. The maximum absolute atomic E-state index is 5.69. The molecule has 1 saturated carbocycles. The molecule has 0 bridgehead atoms. The first-order valence-corrected chi connectivity index (χ1v) is 9.39. The first-order chi connectivity index (χ1) is 12.3. The fraction of sp³-hybridized carbons (Fsp3) is 0.333. The number of hydrogen-bond acceptors (Lipinski definition) is 1. The second kappa shape index (κ2) is 6.55. The highest BCUT2D eigenvalue weighted by molar-refractivity contribution is 5.68. The number of benzene rings is 2. The summed E-state index contributed by atoms with van der Waals surface area (Å²) in [5.74, 6) is 3.41. The molecule has 0 amide bonds. The van der Waals surface area contributed by atoms with E-state index in [0.29, 0.717) is 23.7 Å². The van der Waals surface area contributed by atoms with Crippen LogP contribution in [0, 0.1) is 11.8 Å². The van der Waals surface area contributed by atoms with Crippen LogP contribution in [0.15, 0.2) is 67.8 Å². The number of hydrogen-bond donors (Lipinski definition) is 0. The van der Waals surface area contributed by atoms with Gasteiger partial charge in [0.1, 0.15) is 5.75 Å². The number of rotatable bonds is 6. The van der Waals surface area contributed by atoms with E-state index in [2.05, 4.69) is 74.7 Å². The van der Waals surface area contributed by atoms with Crippen molar-refractivity contribution in [2.75, 3.05) is 6.61 Å². The van der Waals surface area contributed by atoms with Crippen LogP contribution in [0.3, 0.4) is 0 Å². The van der Waals surface area contributed by atoms with Crippen LogP contribution in [0.2, 0.25) is 0 Å². The summed E-state index contributed by atoms with van der Waals surface area (Å²) < 4.78 is 5.69. The zero-order chi connectivity index (χ0) is 17.4. The lowest BCUT2D eigenvalue weighted by Crippen LogP contribution is -2.25. The van der Waals surface area contributed by atoms with Crippen molar-refractivity contribution in [3.05, 3.63) is 78.9 Å². The van der Waals surface area contributed by atoms with E-state index in [-0.39, 0.29) is 0 Å². The van der Waals surface area contributed by atoms with Gasteiger partial charge >= 0.3 is 0 Å². The lowest BCUT2D eigenvalue weighted by molar-refractivity contribution is 0.317. The molecule has 0 spiro atoms. The Morgan fingerprint density at radius 1 is 0.920 bits per heavy atom. The van der Waals surface area contributed by atoms with Gasteiger partial charge in [-0.25, -0.2) is 0 Å². The molecule has 0 aliphatic heterocycles. The quantitative estimate of drug-likeness (QED) is 0.562. The zero-order valence-electron chi connectivity index (χ0n) is 14.9. The van der Waals surface area contributed by atoms with E-state index in [9.17, 15) is 0 Å². The molecule has 128 valence electrons. The average molecular weight is 330 g/mol. The minimum Gasteiger partial charge on any atom is -0.494 e. The molecule has 0 aromatic heterocycles. The van der Waals surface area contributed by atoms with Gasteiger partial charge in [0.05, 0.1) is 6.61 Å². The Morgan fingerprint density at radius 3 is 2.20 bits per heavy atom. The third-order valence-electron chi connectivity index (χ3n) is 5.92. The Bertz CT molecular complexity index is 786. The summed E-state index contributed by atoms with van der Waals surface area (Å²) in [6.07, 6.45) is 6.52. The van der Waals surface area contributed by atoms with Gasteiger partial charge < -0.3 is 4.74 Å². The number of ether oxygens (including phenoxy) is 1. The molecule has 0 radical (unpaired) electrons. The van der Waals surface area contributed by atoms with Crippen LogP contribution < -0.4 is 4.74 Å². The van der Waals surface area contributed by atoms with Crippen LogP contribution in [0.25, 0.3) is 11.1 Å². The number of fused-ring (bicyclic) bond motifs is 4. The highest BCUT2D eigenvalue weighted by atomic mass is 16.5. The van der Waals surface area contributed by atoms with E-state index >= 15 is 0 Å². The van der Waals surface area contributed by atoms with Crippen LogP contribution in [0.1, 0.15) is 42.7 Å². The van der Waals surface area contributed by atoms with Gasteiger partial charge in [-0.2, -0.15) is 0 Å². The summed E-state index contributed by atoms with van der Waals surface area (Å²) in [7, 11) is 0. The predicted molar refractivity (Wildman–Crippen MR) is 105 cm³/mol. The van der Waals surface area contributed by atoms with E-state index in [0.717, 1.165) is 18.8 Å². The predicted octanol–water partition coefficient (Wildman–Crippen LogP) is 6.33. The molecular weight excluding hydrogens is 304 g/mol. The summed E-state index contributed by atoms with van der Waals surface area (Å²) >= 11 is 0.